The number of aryl methyl sites for hydroxylation is 1. The molecule has 0 heterocycles. The van der Waals surface area contributed by atoms with Gasteiger partial charge in [0.1, 0.15) is 19.6 Å². The molecule has 0 saturated carbocycles. The minimum absolute atomic E-state index is 0. The molecule has 0 unspecified atom stereocenters. The summed E-state index contributed by atoms with van der Waals surface area (Å²) >= 11 is 0. The highest BCUT2D eigenvalue weighted by atomic mass is 35.5. The molecule has 0 atom stereocenters. The summed E-state index contributed by atoms with van der Waals surface area (Å²) in [6, 6.07) is 8.40. The lowest BCUT2D eigenvalue weighted by atomic mass is 10.0. The van der Waals surface area contributed by atoms with E-state index in [1.807, 2.05) is 19.9 Å². The molecular weight excluding hydrogens is 286 g/mol. The maximum Gasteiger partial charge on any atom is 0.389 e. The molecule has 0 aliphatic rings. The van der Waals surface area contributed by atoms with Crippen molar-refractivity contribution in [2.24, 2.45) is 0 Å². The summed E-state index contributed by atoms with van der Waals surface area (Å²) in [7, 11) is 0. The fraction of sp³-hybridized carbons (Fsp3) is 0.471. The van der Waals surface area contributed by atoms with Crippen LogP contribution in [0.25, 0.3) is 0 Å². The number of quaternary nitrogens is 1. The molecule has 0 amide bonds. The molecule has 3 nitrogen and oxygen atoms in total. The first-order chi connectivity index (χ1) is 9.60. The van der Waals surface area contributed by atoms with Crippen LogP contribution in [-0.4, -0.2) is 23.7 Å². The standard InChI is InChI=1S/C17H26NO2.ClH/c1-5-11-15-12-9-10-13-16(15)14-18(7-3,8-4)20-17(19)6-2;/h6,9-10,12-13H,2,5,7-8,11,14H2,1,3-4H3;1H/q+1;/p-1. The highest BCUT2D eigenvalue weighted by Gasteiger charge is 2.30. The molecule has 0 N–H and O–H groups in total. The lowest BCUT2D eigenvalue weighted by molar-refractivity contribution is -1.10. The van der Waals surface area contributed by atoms with Gasteiger partial charge in [-0.25, -0.2) is 4.79 Å². The van der Waals surface area contributed by atoms with Gasteiger partial charge in [-0.1, -0.05) is 44.2 Å². The Morgan fingerprint density at radius 2 is 1.76 bits per heavy atom. The van der Waals surface area contributed by atoms with Crippen LogP contribution in [0.1, 0.15) is 38.3 Å². The van der Waals surface area contributed by atoms with Crippen LogP contribution in [0, 0.1) is 0 Å². The van der Waals surface area contributed by atoms with Gasteiger partial charge in [-0.05, 0) is 25.8 Å². The van der Waals surface area contributed by atoms with Crippen molar-refractivity contribution in [2.45, 2.75) is 40.2 Å². The third kappa shape index (κ3) is 5.52. The molecule has 4 heteroatoms. The van der Waals surface area contributed by atoms with Gasteiger partial charge in [0, 0.05) is 11.6 Å². The predicted molar refractivity (Wildman–Crippen MR) is 81.8 cm³/mol. The van der Waals surface area contributed by atoms with Gasteiger partial charge in [-0.15, -0.1) is 4.65 Å². The zero-order valence-electron chi connectivity index (χ0n) is 13.3. The van der Waals surface area contributed by atoms with Crippen molar-refractivity contribution in [2.75, 3.05) is 13.1 Å². The van der Waals surface area contributed by atoms with E-state index in [-0.39, 0.29) is 18.4 Å². The first kappa shape index (κ1) is 19.7. The number of benzene rings is 1. The van der Waals surface area contributed by atoms with Crippen LogP contribution < -0.4 is 12.4 Å². The number of rotatable bonds is 8. The van der Waals surface area contributed by atoms with Crippen LogP contribution in [-0.2, 0) is 22.6 Å². The summed E-state index contributed by atoms with van der Waals surface area (Å²) in [6.07, 6.45) is 3.40. The molecule has 0 aromatic heterocycles. The minimum atomic E-state index is -0.360. The summed E-state index contributed by atoms with van der Waals surface area (Å²) in [5.74, 6) is -0.360. The molecule has 0 aliphatic heterocycles. The van der Waals surface area contributed by atoms with Crippen LogP contribution in [0.3, 0.4) is 0 Å². The zero-order valence-corrected chi connectivity index (χ0v) is 14.0. The van der Waals surface area contributed by atoms with Crippen molar-refractivity contribution in [3.05, 3.63) is 48.0 Å². The van der Waals surface area contributed by atoms with E-state index in [0.29, 0.717) is 11.2 Å². The van der Waals surface area contributed by atoms with Crippen LogP contribution in [0.5, 0.6) is 0 Å². The summed E-state index contributed by atoms with van der Waals surface area (Å²) in [6.45, 7) is 12.0. The molecule has 1 rings (SSSR count). The zero-order chi connectivity index (χ0) is 15.0. The molecule has 0 fully saturated rings. The molecular formula is C17H26ClNO2. The Bertz CT molecular complexity index is 456. The second kappa shape index (κ2) is 9.59. The Balaban J connectivity index is 0.00000400. The van der Waals surface area contributed by atoms with E-state index in [1.165, 1.54) is 17.2 Å². The highest BCUT2D eigenvalue weighted by molar-refractivity contribution is 5.80. The molecule has 21 heavy (non-hydrogen) atoms. The van der Waals surface area contributed by atoms with Gasteiger partial charge in [0.05, 0.1) is 0 Å². The molecule has 118 valence electrons. The van der Waals surface area contributed by atoms with Gasteiger partial charge in [-0.2, -0.15) is 0 Å². The Labute approximate surface area is 134 Å². The second-order valence-corrected chi connectivity index (χ2v) is 4.98. The van der Waals surface area contributed by atoms with Gasteiger partial charge in [-0.3, -0.25) is 4.84 Å². The lowest BCUT2D eigenvalue weighted by Gasteiger charge is -2.32. The third-order valence-electron chi connectivity index (χ3n) is 3.70. The van der Waals surface area contributed by atoms with Crippen molar-refractivity contribution < 1.29 is 26.7 Å². The predicted octanol–water partition coefficient (Wildman–Crippen LogP) is 0.644. The van der Waals surface area contributed by atoms with Crippen molar-refractivity contribution in [1.82, 2.24) is 0 Å². The van der Waals surface area contributed by atoms with Crippen molar-refractivity contribution in [3.8, 4) is 0 Å². The van der Waals surface area contributed by atoms with E-state index in [4.69, 9.17) is 4.84 Å². The maximum absolute atomic E-state index is 11.6. The third-order valence-corrected chi connectivity index (χ3v) is 3.70. The van der Waals surface area contributed by atoms with Gasteiger partial charge in [0.2, 0.25) is 0 Å². The van der Waals surface area contributed by atoms with Gasteiger partial charge >= 0.3 is 5.97 Å². The molecule has 0 saturated heterocycles. The summed E-state index contributed by atoms with van der Waals surface area (Å²) < 4.78 is 0.311. The first-order valence-corrected chi connectivity index (χ1v) is 7.39. The number of hydrogen-bond donors (Lipinski definition) is 0. The summed E-state index contributed by atoms with van der Waals surface area (Å²) in [4.78, 5) is 17.2. The molecule has 0 radical (unpaired) electrons. The van der Waals surface area contributed by atoms with Crippen LogP contribution >= 0.6 is 0 Å². The van der Waals surface area contributed by atoms with Gasteiger partial charge in [0.15, 0.2) is 0 Å². The first-order valence-electron chi connectivity index (χ1n) is 7.39. The number of hydrogen-bond acceptors (Lipinski definition) is 2. The number of carbonyl (C=O) groups excluding carboxylic acids is 1. The summed E-state index contributed by atoms with van der Waals surface area (Å²) in [5, 5.41) is 0. The monoisotopic (exact) mass is 311 g/mol. The Morgan fingerprint density at radius 3 is 2.24 bits per heavy atom. The summed E-state index contributed by atoms with van der Waals surface area (Å²) in [5.41, 5.74) is 2.60. The Kier molecular flexibility index (Phi) is 8.98. The quantitative estimate of drug-likeness (QED) is 0.400. The minimum Gasteiger partial charge on any atom is -1.00 e. The molecule has 0 spiro atoms. The number of halogens is 1. The Morgan fingerprint density at radius 1 is 1.19 bits per heavy atom. The van der Waals surface area contributed by atoms with E-state index in [9.17, 15) is 4.79 Å². The van der Waals surface area contributed by atoms with Crippen LogP contribution in [0.2, 0.25) is 0 Å². The number of nitrogens with zero attached hydrogens (tertiary/aromatic N) is 1. The van der Waals surface area contributed by atoms with E-state index >= 15 is 0 Å². The SMILES string of the molecule is C=CC(=O)O[N+](CC)(CC)Cc1ccccc1CCC.[Cl-]. The van der Waals surface area contributed by atoms with Gasteiger partial charge < -0.3 is 12.4 Å². The van der Waals surface area contributed by atoms with E-state index in [2.05, 4.69) is 31.7 Å². The molecule has 1 aromatic rings. The normalized spacial score (nSPS) is 10.6. The van der Waals surface area contributed by atoms with Crippen LogP contribution in [0.15, 0.2) is 36.9 Å². The molecule has 1 aromatic carbocycles. The Hall–Kier alpha value is -1.32. The smallest absolute Gasteiger partial charge is 0.389 e. The fourth-order valence-electron chi connectivity index (χ4n) is 2.37. The molecule has 0 bridgehead atoms. The van der Waals surface area contributed by atoms with E-state index < -0.39 is 0 Å². The van der Waals surface area contributed by atoms with Crippen LogP contribution in [0.4, 0.5) is 0 Å². The number of hydroxylamine groups is 3. The topological polar surface area (TPSA) is 26.3 Å². The van der Waals surface area contributed by atoms with E-state index in [0.717, 1.165) is 25.9 Å². The van der Waals surface area contributed by atoms with Crippen molar-refractivity contribution >= 4 is 5.97 Å². The van der Waals surface area contributed by atoms with Gasteiger partial charge in [0.25, 0.3) is 0 Å². The average Bonchev–Trinajstić information content (AvgIpc) is 2.48. The maximum atomic E-state index is 11.6. The van der Waals surface area contributed by atoms with Crippen molar-refractivity contribution in [1.29, 1.82) is 0 Å². The lowest BCUT2D eigenvalue weighted by Crippen LogP contribution is -3.00. The second-order valence-electron chi connectivity index (χ2n) is 4.98. The number of carbonyl (C=O) groups is 1. The fourth-order valence-corrected chi connectivity index (χ4v) is 2.37. The largest absolute Gasteiger partial charge is 1.00 e. The highest BCUT2D eigenvalue weighted by Crippen LogP contribution is 2.20. The van der Waals surface area contributed by atoms with E-state index in [1.54, 1.807) is 0 Å². The van der Waals surface area contributed by atoms with Crippen molar-refractivity contribution in [3.63, 3.8) is 0 Å². The molecule has 0 aliphatic carbocycles. The average molecular weight is 312 g/mol.